The zero-order chi connectivity index (χ0) is 13.2. The summed E-state index contributed by atoms with van der Waals surface area (Å²) < 4.78 is 11.6. The molecule has 1 N–H and O–H groups in total. The number of rotatable bonds is 2. The Morgan fingerprint density at radius 3 is 2.32 bits per heavy atom. The van der Waals surface area contributed by atoms with E-state index in [0.717, 1.165) is 25.7 Å². The summed E-state index contributed by atoms with van der Waals surface area (Å²) in [5.74, 6) is 0.533. The molecular weight excluding hydrogens is 244 g/mol. The van der Waals surface area contributed by atoms with Crippen molar-refractivity contribution in [3.8, 4) is 11.5 Å². The average molecular weight is 262 g/mol. The molecule has 1 aliphatic heterocycles. The van der Waals surface area contributed by atoms with Gasteiger partial charge >= 0.3 is 5.97 Å². The summed E-state index contributed by atoms with van der Waals surface area (Å²) in [6.07, 6.45) is 4.33. The van der Waals surface area contributed by atoms with Crippen LogP contribution in [0.25, 0.3) is 0 Å². The minimum atomic E-state index is -0.940. The number of fused-ring (bicyclic) bond motifs is 1. The first-order chi connectivity index (χ1) is 9.25. The molecule has 0 unspecified atom stereocenters. The summed E-state index contributed by atoms with van der Waals surface area (Å²) in [7, 11) is 0. The molecule has 1 saturated carbocycles. The van der Waals surface area contributed by atoms with E-state index in [9.17, 15) is 9.90 Å². The Hall–Kier alpha value is -1.71. The van der Waals surface area contributed by atoms with Crippen LogP contribution < -0.4 is 9.47 Å². The average Bonchev–Trinajstić information content (AvgIpc) is 2.46. The molecule has 1 heterocycles. The molecule has 4 heteroatoms. The fourth-order valence-electron chi connectivity index (χ4n) is 3.05. The fraction of sp³-hybridized carbons (Fsp3) is 0.533. The predicted molar refractivity (Wildman–Crippen MR) is 69.5 cm³/mol. The zero-order valence-electron chi connectivity index (χ0n) is 10.7. The Morgan fingerprint density at radius 1 is 1.05 bits per heavy atom. The highest BCUT2D eigenvalue weighted by Gasteiger charge is 2.42. The monoisotopic (exact) mass is 262 g/mol. The lowest BCUT2D eigenvalue weighted by Gasteiger charge is -2.37. The van der Waals surface area contributed by atoms with Crippen molar-refractivity contribution in [3.05, 3.63) is 24.3 Å². The van der Waals surface area contributed by atoms with Gasteiger partial charge in [-0.3, -0.25) is 0 Å². The van der Waals surface area contributed by atoms with Crippen LogP contribution in [0.5, 0.6) is 11.5 Å². The van der Waals surface area contributed by atoms with Gasteiger partial charge in [0.05, 0.1) is 0 Å². The molecule has 0 saturated heterocycles. The maximum Gasteiger partial charge on any atom is 0.348 e. The number of aliphatic carboxylic acids is 1. The highest BCUT2D eigenvalue weighted by molar-refractivity contribution is 5.74. The van der Waals surface area contributed by atoms with E-state index >= 15 is 0 Å². The van der Waals surface area contributed by atoms with E-state index in [1.54, 1.807) is 6.07 Å². The van der Waals surface area contributed by atoms with E-state index in [1.807, 2.05) is 18.2 Å². The zero-order valence-corrected chi connectivity index (χ0v) is 10.7. The number of para-hydroxylation sites is 2. The minimum Gasteiger partial charge on any atom is -0.482 e. The fourth-order valence-corrected chi connectivity index (χ4v) is 3.05. The first-order valence-electron chi connectivity index (χ1n) is 6.91. The third kappa shape index (κ3) is 2.39. The van der Waals surface area contributed by atoms with Crippen LogP contribution in [-0.2, 0) is 4.79 Å². The number of carboxylic acids is 1. The maximum atomic E-state index is 11.4. The Morgan fingerprint density at radius 2 is 1.68 bits per heavy atom. The van der Waals surface area contributed by atoms with Gasteiger partial charge in [-0.05, 0) is 25.0 Å². The second-order valence-corrected chi connectivity index (χ2v) is 5.30. The summed E-state index contributed by atoms with van der Waals surface area (Å²) in [5.41, 5.74) is 0. The van der Waals surface area contributed by atoms with Crippen molar-refractivity contribution in [2.75, 3.05) is 0 Å². The first kappa shape index (κ1) is 12.3. The molecule has 1 fully saturated rings. The van der Waals surface area contributed by atoms with Crippen LogP contribution in [0.3, 0.4) is 0 Å². The molecular formula is C15H18O4. The molecule has 3 rings (SSSR count). The molecule has 102 valence electrons. The van der Waals surface area contributed by atoms with Crippen molar-refractivity contribution in [2.24, 2.45) is 5.92 Å². The summed E-state index contributed by atoms with van der Waals surface area (Å²) in [6.45, 7) is 0. The quantitative estimate of drug-likeness (QED) is 0.890. The molecule has 2 atom stereocenters. The molecule has 2 aliphatic rings. The molecule has 19 heavy (non-hydrogen) atoms. The van der Waals surface area contributed by atoms with Crippen molar-refractivity contribution in [3.63, 3.8) is 0 Å². The molecule has 0 amide bonds. The lowest BCUT2D eigenvalue weighted by atomic mass is 9.83. The number of ether oxygens (including phenoxy) is 2. The van der Waals surface area contributed by atoms with Gasteiger partial charge in [0.2, 0.25) is 6.10 Å². The summed E-state index contributed by atoms with van der Waals surface area (Å²) in [5, 5.41) is 9.36. The third-order valence-electron chi connectivity index (χ3n) is 4.02. The second-order valence-electron chi connectivity index (χ2n) is 5.30. The number of benzene rings is 1. The van der Waals surface area contributed by atoms with E-state index in [4.69, 9.17) is 9.47 Å². The molecule has 1 aromatic rings. The van der Waals surface area contributed by atoms with Gasteiger partial charge in [0, 0.05) is 5.92 Å². The largest absolute Gasteiger partial charge is 0.482 e. The molecule has 0 spiro atoms. The van der Waals surface area contributed by atoms with Crippen molar-refractivity contribution < 1.29 is 19.4 Å². The van der Waals surface area contributed by atoms with E-state index in [0.29, 0.717) is 11.5 Å². The lowest BCUT2D eigenvalue weighted by Crippen LogP contribution is -2.49. The standard InChI is InChI=1S/C15H18O4/c16-15(17)14-13(10-6-2-1-3-7-10)18-11-8-4-5-9-12(11)19-14/h4-5,8-10,13-14H,1-3,6-7H2,(H,16,17)/t13-,14+/m1/s1. The van der Waals surface area contributed by atoms with Gasteiger partial charge in [-0.25, -0.2) is 4.79 Å². The van der Waals surface area contributed by atoms with Crippen LogP contribution in [0.1, 0.15) is 32.1 Å². The molecule has 0 bridgehead atoms. The van der Waals surface area contributed by atoms with Crippen molar-refractivity contribution in [1.29, 1.82) is 0 Å². The van der Waals surface area contributed by atoms with Crippen LogP contribution >= 0.6 is 0 Å². The Bertz CT molecular complexity index is 465. The highest BCUT2D eigenvalue weighted by Crippen LogP contribution is 2.39. The number of carboxylic acid groups (broad SMARTS) is 1. The highest BCUT2D eigenvalue weighted by atomic mass is 16.6. The van der Waals surface area contributed by atoms with Gasteiger partial charge in [0.15, 0.2) is 11.5 Å². The van der Waals surface area contributed by atoms with Crippen LogP contribution in [0, 0.1) is 5.92 Å². The topological polar surface area (TPSA) is 55.8 Å². The molecule has 1 aliphatic carbocycles. The van der Waals surface area contributed by atoms with E-state index < -0.39 is 12.1 Å². The number of hydrogen-bond donors (Lipinski definition) is 1. The predicted octanol–water partition coefficient (Wildman–Crippen LogP) is 2.86. The summed E-state index contributed by atoms with van der Waals surface area (Å²) in [6, 6.07) is 7.29. The Kier molecular flexibility index (Phi) is 3.32. The normalized spacial score (nSPS) is 26.9. The van der Waals surface area contributed by atoms with Crippen LogP contribution in [0.15, 0.2) is 24.3 Å². The van der Waals surface area contributed by atoms with Crippen LogP contribution in [-0.4, -0.2) is 23.3 Å². The van der Waals surface area contributed by atoms with E-state index in [1.165, 1.54) is 6.42 Å². The third-order valence-corrected chi connectivity index (χ3v) is 4.02. The van der Waals surface area contributed by atoms with Gasteiger partial charge < -0.3 is 14.6 Å². The maximum absolute atomic E-state index is 11.4. The molecule has 1 aromatic carbocycles. The second kappa shape index (κ2) is 5.11. The van der Waals surface area contributed by atoms with E-state index in [-0.39, 0.29) is 12.0 Å². The Labute approximate surface area is 112 Å². The SMILES string of the molecule is O=C(O)[C@H]1Oc2ccccc2O[C@@H]1C1CCCCC1. The van der Waals surface area contributed by atoms with E-state index in [2.05, 4.69) is 0 Å². The van der Waals surface area contributed by atoms with Gasteiger partial charge in [-0.15, -0.1) is 0 Å². The van der Waals surface area contributed by atoms with Crippen LogP contribution in [0.4, 0.5) is 0 Å². The number of carbonyl (C=O) groups is 1. The van der Waals surface area contributed by atoms with Gasteiger partial charge in [0.1, 0.15) is 6.10 Å². The van der Waals surface area contributed by atoms with Crippen molar-refractivity contribution in [2.45, 2.75) is 44.3 Å². The minimum absolute atomic E-state index is 0.281. The van der Waals surface area contributed by atoms with Gasteiger partial charge in [-0.2, -0.15) is 0 Å². The van der Waals surface area contributed by atoms with Crippen molar-refractivity contribution in [1.82, 2.24) is 0 Å². The smallest absolute Gasteiger partial charge is 0.348 e. The Balaban J connectivity index is 1.86. The molecule has 0 radical (unpaired) electrons. The van der Waals surface area contributed by atoms with Gasteiger partial charge in [0.25, 0.3) is 0 Å². The molecule has 0 aromatic heterocycles. The molecule has 4 nitrogen and oxygen atoms in total. The lowest BCUT2D eigenvalue weighted by molar-refractivity contribution is -0.154. The summed E-state index contributed by atoms with van der Waals surface area (Å²) >= 11 is 0. The number of hydrogen-bond acceptors (Lipinski definition) is 3. The van der Waals surface area contributed by atoms with Crippen molar-refractivity contribution >= 4 is 5.97 Å². The van der Waals surface area contributed by atoms with Crippen LogP contribution in [0.2, 0.25) is 0 Å². The first-order valence-corrected chi connectivity index (χ1v) is 6.91. The summed E-state index contributed by atoms with van der Waals surface area (Å²) in [4.78, 5) is 11.4. The van der Waals surface area contributed by atoms with Gasteiger partial charge in [-0.1, -0.05) is 31.4 Å².